The van der Waals surface area contributed by atoms with Crippen molar-refractivity contribution in [1.29, 1.82) is 0 Å². The van der Waals surface area contributed by atoms with Crippen LogP contribution in [0.3, 0.4) is 0 Å². The normalized spacial score (nSPS) is 17.6. The van der Waals surface area contributed by atoms with Gasteiger partial charge in [-0.3, -0.25) is 4.79 Å². The topological polar surface area (TPSA) is 49.3 Å². The van der Waals surface area contributed by atoms with Crippen LogP contribution in [0.2, 0.25) is 0 Å². The van der Waals surface area contributed by atoms with Crippen molar-refractivity contribution in [3.8, 4) is 11.4 Å². The lowest BCUT2D eigenvalue weighted by molar-refractivity contribution is -0.131. The number of carbonyl (C=O) groups excluding carboxylic acids is 1. The highest BCUT2D eigenvalue weighted by Gasteiger charge is 2.25. The third-order valence-electron chi connectivity index (χ3n) is 6.62. The van der Waals surface area contributed by atoms with Crippen molar-refractivity contribution in [2.24, 2.45) is 5.92 Å². The summed E-state index contributed by atoms with van der Waals surface area (Å²) in [7, 11) is 0. The molecule has 0 atom stereocenters. The zero-order valence-electron chi connectivity index (χ0n) is 18.0. The van der Waals surface area contributed by atoms with E-state index >= 15 is 0 Å². The Morgan fingerprint density at radius 1 is 1.10 bits per heavy atom. The number of halogens is 1. The van der Waals surface area contributed by atoms with Gasteiger partial charge in [0.1, 0.15) is 11.6 Å². The lowest BCUT2D eigenvalue weighted by Crippen LogP contribution is -2.49. The molecule has 1 saturated carbocycles. The maximum atomic E-state index is 13.7. The lowest BCUT2D eigenvalue weighted by Gasteiger charge is -2.36. The molecule has 0 unspecified atom stereocenters. The molecule has 5 nitrogen and oxygen atoms in total. The van der Waals surface area contributed by atoms with E-state index < -0.39 is 0 Å². The van der Waals surface area contributed by atoms with Gasteiger partial charge in [-0.15, -0.1) is 0 Å². The molecule has 1 aromatic carbocycles. The summed E-state index contributed by atoms with van der Waals surface area (Å²) in [4.78, 5) is 26.2. The fraction of sp³-hybridized carbons (Fsp3) is 0.542. The molecule has 2 aliphatic rings. The van der Waals surface area contributed by atoms with Crippen LogP contribution in [0, 0.1) is 25.6 Å². The van der Waals surface area contributed by atoms with E-state index in [1.54, 1.807) is 6.07 Å². The summed E-state index contributed by atoms with van der Waals surface area (Å²) in [5, 5.41) is 0. The number of anilines is 1. The van der Waals surface area contributed by atoms with E-state index in [1.165, 1.54) is 37.8 Å². The molecule has 0 N–H and O–H groups in total. The van der Waals surface area contributed by atoms with Crippen molar-refractivity contribution >= 4 is 11.7 Å². The molecule has 1 aromatic heterocycles. The Kier molecular flexibility index (Phi) is 6.30. The fourth-order valence-electron chi connectivity index (χ4n) is 4.63. The smallest absolute Gasteiger partial charge is 0.222 e. The van der Waals surface area contributed by atoms with Crippen LogP contribution >= 0.6 is 0 Å². The SMILES string of the molecule is Cc1nc(-c2cccc(F)c2)nc(N2CCN(C(=O)CCC3CCCC3)CC2)c1C. The molecule has 2 aromatic rings. The summed E-state index contributed by atoms with van der Waals surface area (Å²) >= 11 is 0. The predicted molar refractivity (Wildman–Crippen MR) is 117 cm³/mol. The standard InChI is InChI=1S/C24H31FN4O/c1-17-18(2)26-23(20-8-5-9-21(25)16-20)27-24(17)29-14-12-28(13-15-29)22(30)11-10-19-6-3-4-7-19/h5,8-9,16,19H,3-4,6-7,10-15H2,1-2H3. The first kappa shape index (κ1) is 20.8. The molecule has 0 spiro atoms. The van der Waals surface area contributed by atoms with Gasteiger partial charge in [0.2, 0.25) is 5.91 Å². The van der Waals surface area contributed by atoms with Gasteiger partial charge in [-0.05, 0) is 38.3 Å². The van der Waals surface area contributed by atoms with Crippen LogP contribution in [0.25, 0.3) is 11.4 Å². The minimum atomic E-state index is -0.291. The van der Waals surface area contributed by atoms with Crippen molar-refractivity contribution in [2.45, 2.75) is 52.4 Å². The second kappa shape index (κ2) is 9.11. The largest absolute Gasteiger partial charge is 0.353 e. The highest BCUT2D eigenvalue weighted by molar-refractivity contribution is 5.76. The highest BCUT2D eigenvalue weighted by atomic mass is 19.1. The molecule has 1 aliphatic carbocycles. The Bertz CT molecular complexity index is 902. The molecule has 1 amide bonds. The van der Waals surface area contributed by atoms with Gasteiger partial charge in [0.05, 0.1) is 0 Å². The lowest BCUT2D eigenvalue weighted by atomic mass is 10.0. The van der Waals surface area contributed by atoms with Crippen LogP contribution < -0.4 is 4.90 Å². The Morgan fingerprint density at radius 2 is 1.83 bits per heavy atom. The molecule has 6 heteroatoms. The Balaban J connectivity index is 1.42. The molecule has 2 heterocycles. The second-order valence-corrected chi connectivity index (χ2v) is 8.65. The van der Waals surface area contributed by atoms with E-state index in [1.807, 2.05) is 24.8 Å². The molecular weight excluding hydrogens is 379 g/mol. The third kappa shape index (κ3) is 4.63. The Morgan fingerprint density at radius 3 is 2.53 bits per heavy atom. The van der Waals surface area contributed by atoms with Crippen LogP contribution in [-0.2, 0) is 4.79 Å². The first-order valence-electron chi connectivity index (χ1n) is 11.1. The zero-order valence-corrected chi connectivity index (χ0v) is 18.0. The number of piperazine rings is 1. The monoisotopic (exact) mass is 410 g/mol. The van der Waals surface area contributed by atoms with Crippen LogP contribution in [0.4, 0.5) is 10.2 Å². The highest BCUT2D eigenvalue weighted by Crippen LogP contribution is 2.29. The fourth-order valence-corrected chi connectivity index (χ4v) is 4.63. The number of hydrogen-bond donors (Lipinski definition) is 0. The van der Waals surface area contributed by atoms with Gasteiger partial charge >= 0.3 is 0 Å². The molecule has 0 radical (unpaired) electrons. The van der Waals surface area contributed by atoms with Crippen LogP contribution in [0.5, 0.6) is 0 Å². The van der Waals surface area contributed by atoms with E-state index in [2.05, 4.69) is 9.88 Å². The van der Waals surface area contributed by atoms with E-state index in [9.17, 15) is 9.18 Å². The van der Waals surface area contributed by atoms with Crippen molar-refractivity contribution in [1.82, 2.24) is 14.9 Å². The van der Waals surface area contributed by atoms with Crippen LogP contribution in [-0.4, -0.2) is 47.0 Å². The average Bonchev–Trinajstić information content (AvgIpc) is 3.28. The Labute approximate surface area is 178 Å². The summed E-state index contributed by atoms with van der Waals surface area (Å²) in [5.74, 6) is 2.18. The number of carbonyl (C=O) groups is 1. The number of hydrogen-bond acceptors (Lipinski definition) is 4. The van der Waals surface area contributed by atoms with E-state index in [-0.39, 0.29) is 11.7 Å². The Hall–Kier alpha value is -2.50. The van der Waals surface area contributed by atoms with Crippen molar-refractivity contribution in [2.75, 3.05) is 31.1 Å². The van der Waals surface area contributed by atoms with Gasteiger partial charge in [0.15, 0.2) is 5.82 Å². The quantitative estimate of drug-likeness (QED) is 0.727. The molecule has 0 bridgehead atoms. The summed E-state index contributed by atoms with van der Waals surface area (Å²) < 4.78 is 13.7. The van der Waals surface area contributed by atoms with Gasteiger partial charge < -0.3 is 9.80 Å². The number of rotatable bonds is 5. The van der Waals surface area contributed by atoms with E-state index in [4.69, 9.17) is 4.98 Å². The molecule has 2 fully saturated rings. The number of aryl methyl sites for hydroxylation is 1. The van der Waals surface area contributed by atoms with Gasteiger partial charge in [-0.25, -0.2) is 14.4 Å². The van der Waals surface area contributed by atoms with Gasteiger partial charge in [0.25, 0.3) is 0 Å². The van der Waals surface area contributed by atoms with Crippen LogP contribution in [0.1, 0.15) is 49.8 Å². The number of benzene rings is 1. The third-order valence-corrected chi connectivity index (χ3v) is 6.62. The zero-order chi connectivity index (χ0) is 21.1. The molecular formula is C24H31FN4O. The van der Waals surface area contributed by atoms with E-state index in [0.717, 1.165) is 55.6 Å². The van der Waals surface area contributed by atoms with Crippen molar-refractivity contribution in [3.05, 3.63) is 41.3 Å². The van der Waals surface area contributed by atoms with Crippen molar-refractivity contribution < 1.29 is 9.18 Å². The molecule has 30 heavy (non-hydrogen) atoms. The summed E-state index contributed by atoms with van der Waals surface area (Å²) in [6.07, 6.45) is 6.96. The number of amides is 1. The second-order valence-electron chi connectivity index (χ2n) is 8.65. The number of aromatic nitrogens is 2. The maximum absolute atomic E-state index is 13.7. The average molecular weight is 411 g/mol. The van der Waals surface area contributed by atoms with Gasteiger partial charge in [0, 0.05) is 49.4 Å². The predicted octanol–water partition coefficient (Wildman–Crippen LogP) is 4.52. The molecule has 1 saturated heterocycles. The van der Waals surface area contributed by atoms with Crippen LogP contribution in [0.15, 0.2) is 24.3 Å². The molecule has 4 rings (SSSR count). The summed E-state index contributed by atoms with van der Waals surface area (Å²) in [6.45, 7) is 6.96. The summed E-state index contributed by atoms with van der Waals surface area (Å²) in [5.41, 5.74) is 2.62. The first-order chi connectivity index (χ1) is 14.5. The first-order valence-corrected chi connectivity index (χ1v) is 11.1. The van der Waals surface area contributed by atoms with Gasteiger partial charge in [-0.1, -0.05) is 37.8 Å². The van der Waals surface area contributed by atoms with E-state index in [0.29, 0.717) is 17.8 Å². The number of nitrogens with zero attached hydrogens (tertiary/aromatic N) is 4. The molecule has 160 valence electrons. The molecule has 1 aliphatic heterocycles. The van der Waals surface area contributed by atoms with Gasteiger partial charge in [-0.2, -0.15) is 0 Å². The van der Waals surface area contributed by atoms with Crippen molar-refractivity contribution in [3.63, 3.8) is 0 Å². The minimum absolute atomic E-state index is 0.289. The summed E-state index contributed by atoms with van der Waals surface area (Å²) in [6, 6.07) is 6.40. The maximum Gasteiger partial charge on any atom is 0.222 e. The minimum Gasteiger partial charge on any atom is -0.353 e.